The smallest absolute Gasteiger partial charge is 0.287 e. The van der Waals surface area contributed by atoms with Crippen molar-refractivity contribution in [3.8, 4) is 5.75 Å². The molecule has 0 bridgehead atoms. The fraction of sp³-hybridized carbons (Fsp3) is 0.353. The highest BCUT2D eigenvalue weighted by molar-refractivity contribution is 5.91. The van der Waals surface area contributed by atoms with Crippen molar-refractivity contribution in [3.63, 3.8) is 0 Å². The van der Waals surface area contributed by atoms with Gasteiger partial charge < -0.3 is 19.6 Å². The number of ether oxygens (including phenoxy) is 1. The molecule has 2 N–H and O–H groups in total. The van der Waals surface area contributed by atoms with Crippen LogP contribution >= 0.6 is 0 Å². The van der Waals surface area contributed by atoms with Crippen LogP contribution in [0.15, 0.2) is 34.7 Å². The molecule has 5 heteroatoms. The van der Waals surface area contributed by atoms with E-state index in [1.54, 1.807) is 6.07 Å². The Morgan fingerprint density at radius 2 is 2.14 bits per heavy atom. The summed E-state index contributed by atoms with van der Waals surface area (Å²) in [5.41, 5.74) is 1.84. The molecule has 1 amide bonds. The van der Waals surface area contributed by atoms with Crippen molar-refractivity contribution >= 4 is 5.91 Å². The quantitative estimate of drug-likeness (QED) is 0.824. The van der Waals surface area contributed by atoms with E-state index in [4.69, 9.17) is 14.3 Å². The number of carbonyl (C=O) groups excluding carboxylic acids is 1. The van der Waals surface area contributed by atoms with Crippen molar-refractivity contribution in [2.75, 3.05) is 13.2 Å². The molecule has 0 spiro atoms. The van der Waals surface area contributed by atoms with Gasteiger partial charge >= 0.3 is 0 Å². The molecule has 0 saturated carbocycles. The summed E-state index contributed by atoms with van der Waals surface area (Å²) in [6, 6.07) is 9.16. The number of nitrogens with one attached hydrogen (secondary N) is 1. The summed E-state index contributed by atoms with van der Waals surface area (Å²) in [4.78, 5) is 12.1. The molecule has 0 aliphatic heterocycles. The summed E-state index contributed by atoms with van der Waals surface area (Å²) in [6.45, 7) is 4.43. The minimum Gasteiger partial charge on any atom is -0.491 e. The van der Waals surface area contributed by atoms with Crippen molar-refractivity contribution in [1.82, 2.24) is 5.32 Å². The molecule has 1 aromatic carbocycles. The molecule has 22 heavy (non-hydrogen) atoms. The Hall–Kier alpha value is -2.27. The highest BCUT2D eigenvalue weighted by Crippen LogP contribution is 2.18. The van der Waals surface area contributed by atoms with Crippen LogP contribution in [0.3, 0.4) is 0 Å². The first-order chi connectivity index (χ1) is 10.7. The Morgan fingerprint density at radius 3 is 2.82 bits per heavy atom. The van der Waals surface area contributed by atoms with E-state index in [1.165, 1.54) is 0 Å². The second-order valence-electron chi connectivity index (χ2n) is 4.93. The van der Waals surface area contributed by atoms with Gasteiger partial charge in [-0.3, -0.25) is 4.79 Å². The number of amides is 1. The van der Waals surface area contributed by atoms with Gasteiger partial charge in [0.25, 0.3) is 5.91 Å². The van der Waals surface area contributed by atoms with Crippen molar-refractivity contribution in [3.05, 3.63) is 53.0 Å². The molecule has 0 aliphatic rings. The van der Waals surface area contributed by atoms with Crippen molar-refractivity contribution in [2.45, 2.75) is 26.8 Å². The maximum absolute atomic E-state index is 12.1. The topological polar surface area (TPSA) is 71.7 Å². The molecule has 0 unspecified atom stereocenters. The standard InChI is InChI=1S/C17H21NO4/c1-3-14-12(2)10-16(22-14)17(20)18-11-13-6-4-5-7-15(13)21-9-8-19/h4-7,10,19H,3,8-9,11H2,1-2H3,(H,18,20). The van der Waals surface area contributed by atoms with Crippen molar-refractivity contribution in [2.24, 2.45) is 0 Å². The SMILES string of the molecule is CCc1oc(C(=O)NCc2ccccc2OCCO)cc1C. The first-order valence-electron chi connectivity index (χ1n) is 7.34. The molecular weight excluding hydrogens is 282 g/mol. The third-order valence-electron chi connectivity index (χ3n) is 3.33. The maximum Gasteiger partial charge on any atom is 0.287 e. The number of furan rings is 1. The average molecular weight is 303 g/mol. The average Bonchev–Trinajstić information content (AvgIpc) is 2.92. The Kier molecular flexibility index (Phi) is 5.61. The van der Waals surface area contributed by atoms with Crippen LogP contribution in [-0.2, 0) is 13.0 Å². The summed E-state index contributed by atoms with van der Waals surface area (Å²) in [7, 11) is 0. The summed E-state index contributed by atoms with van der Waals surface area (Å²) >= 11 is 0. The van der Waals surface area contributed by atoms with Crippen LogP contribution in [0.4, 0.5) is 0 Å². The minimum absolute atomic E-state index is 0.0494. The van der Waals surface area contributed by atoms with E-state index in [-0.39, 0.29) is 19.1 Å². The third-order valence-corrected chi connectivity index (χ3v) is 3.33. The number of aliphatic hydroxyl groups excluding tert-OH is 1. The lowest BCUT2D eigenvalue weighted by atomic mass is 10.2. The van der Waals surface area contributed by atoms with Gasteiger partial charge in [-0.25, -0.2) is 0 Å². The van der Waals surface area contributed by atoms with Gasteiger partial charge in [0.05, 0.1) is 6.61 Å². The molecule has 0 atom stereocenters. The van der Waals surface area contributed by atoms with E-state index in [2.05, 4.69) is 5.32 Å². The zero-order valence-electron chi connectivity index (χ0n) is 12.9. The van der Waals surface area contributed by atoms with E-state index >= 15 is 0 Å². The monoisotopic (exact) mass is 303 g/mol. The number of para-hydroxylation sites is 1. The molecule has 5 nitrogen and oxygen atoms in total. The Morgan fingerprint density at radius 1 is 1.36 bits per heavy atom. The van der Waals surface area contributed by atoms with Gasteiger partial charge in [-0.05, 0) is 24.6 Å². The number of hydrogen-bond donors (Lipinski definition) is 2. The number of carbonyl (C=O) groups is 1. The molecule has 2 rings (SSSR count). The second kappa shape index (κ2) is 7.66. The molecular formula is C17H21NO4. The van der Waals surface area contributed by atoms with E-state index in [9.17, 15) is 4.79 Å². The fourth-order valence-corrected chi connectivity index (χ4v) is 2.19. The largest absolute Gasteiger partial charge is 0.491 e. The Bertz CT molecular complexity index is 633. The van der Waals surface area contributed by atoms with E-state index in [0.717, 1.165) is 23.3 Å². The van der Waals surface area contributed by atoms with Gasteiger partial charge in [0.15, 0.2) is 5.76 Å². The lowest BCUT2D eigenvalue weighted by molar-refractivity contribution is 0.0921. The summed E-state index contributed by atoms with van der Waals surface area (Å²) in [5, 5.41) is 11.7. The van der Waals surface area contributed by atoms with Gasteiger partial charge in [0.1, 0.15) is 18.1 Å². The van der Waals surface area contributed by atoms with E-state index in [1.807, 2.05) is 38.1 Å². The van der Waals surface area contributed by atoms with E-state index < -0.39 is 0 Å². The lowest BCUT2D eigenvalue weighted by Crippen LogP contribution is -2.22. The highest BCUT2D eigenvalue weighted by atomic mass is 16.5. The van der Waals surface area contributed by atoms with Gasteiger partial charge in [0, 0.05) is 18.5 Å². The van der Waals surface area contributed by atoms with Gasteiger partial charge in [-0.2, -0.15) is 0 Å². The van der Waals surface area contributed by atoms with Crippen LogP contribution in [0.25, 0.3) is 0 Å². The Balaban J connectivity index is 2.01. The van der Waals surface area contributed by atoms with Gasteiger partial charge in [0.2, 0.25) is 0 Å². The summed E-state index contributed by atoms with van der Waals surface area (Å²) in [6.07, 6.45) is 0.761. The number of benzene rings is 1. The number of aliphatic hydroxyl groups is 1. The highest BCUT2D eigenvalue weighted by Gasteiger charge is 2.14. The van der Waals surface area contributed by atoms with Crippen LogP contribution in [0.5, 0.6) is 5.75 Å². The molecule has 0 fully saturated rings. The number of rotatable bonds is 7. The molecule has 1 heterocycles. The zero-order valence-corrected chi connectivity index (χ0v) is 12.9. The predicted octanol–water partition coefficient (Wildman–Crippen LogP) is 2.45. The van der Waals surface area contributed by atoms with Crippen LogP contribution < -0.4 is 10.1 Å². The number of aryl methyl sites for hydroxylation is 2. The van der Waals surface area contributed by atoms with Crippen LogP contribution in [0.2, 0.25) is 0 Å². The first-order valence-corrected chi connectivity index (χ1v) is 7.34. The normalized spacial score (nSPS) is 10.5. The number of hydrogen-bond acceptors (Lipinski definition) is 4. The summed E-state index contributed by atoms with van der Waals surface area (Å²) < 4.78 is 11.0. The minimum atomic E-state index is -0.250. The van der Waals surface area contributed by atoms with Crippen LogP contribution in [-0.4, -0.2) is 24.2 Å². The predicted molar refractivity (Wildman–Crippen MR) is 83.0 cm³/mol. The van der Waals surface area contributed by atoms with Crippen molar-refractivity contribution in [1.29, 1.82) is 0 Å². The lowest BCUT2D eigenvalue weighted by Gasteiger charge is -2.10. The molecule has 2 aromatic rings. The fourth-order valence-electron chi connectivity index (χ4n) is 2.19. The molecule has 0 aliphatic carbocycles. The molecule has 0 radical (unpaired) electrons. The molecule has 118 valence electrons. The van der Waals surface area contributed by atoms with Crippen LogP contribution in [0.1, 0.15) is 34.4 Å². The van der Waals surface area contributed by atoms with Gasteiger partial charge in [-0.15, -0.1) is 0 Å². The van der Waals surface area contributed by atoms with E-state index in [0.29, 0.717) is 18.1 Å². The Labute approximate surface area is 129 Å². The first kappa shape index (κ1) is 16.1. The zero-order chi connectivity index (χ0) is 15.9. The van der Waals surface area contributed by atoms with Crippen molar-refractivity contribution < 1.29 is 19.1 Å². The third kappa shape index (κ3) is 3.89. The molecule has 1 aromatic heterocycles. The van der Waals surface area contributed by atoms with Gasteiger partial charge in [-0.1, -0.05) is 25.1 Å². The maximum atomic E-state index is 12.1. The second-order valence-corrected chi connectivity index (χ2v) is 4.93. The van der Waals surface area contributed by atoms with Crippen LogP contribution in [0, 0.1) is 6.92 Å². The molecule has 0 saturated heterocycles. The summed E-state index contributed by atoms with van der Waals surface area (Å²) in [5.74, 6) is 1.56.